The van der Waals surface area contributed by atoms with Crippen LogP contribution in [-0.2, 0) is 26.2 Å². The number of carbonyl (C=O) groups excluding carboxylic acids is 2. The van der Waals surface area contributed by atoms with Gasteiger partial charge in [-0.15, -0.1) is 0 Å². The molecule has 202 valence electrons. The quantitative estimate of drug-likeness (QED) is 0.347. The average Bonchev–Trinajstić information content (AvgIpc) is 2.88. The molecule has 0 saturated carbocycles. The van der Waals surface area contributed by atoms with Gasteiger partial charge in [-0.05, 0) is 68.3 Å². The first-order valence-electron chi connectivity index (χ1n) is 11.7. The third kappa shape index (κ3) is 6.61. The van der Waals surface area contributed by atoms with Crippen LogP contribution in [0.5, 0.6) is 0 Å². The van der Waals surface area contributed by atoms with Crippen LogP contribution < -0.4 is 9.62 Å². The van der Waals surface area contributed by atoms with Gasteiger partial charge in [-0.3, -0.25) is 13.9 Å². The molecule has 0 radical (unpaired) electrons. The van der Waals surface area contributed by atoms with E-state index in [-0.39, 0.29) is 17.1 Å². The topological polar surface area (TPSA) is 86.8 Å². The molecular formula is C27H28Cl3N3O4S. The summed E-state index contributed by atoms with van der Waals surface area (Å²) in [5.41, 5.74) is 2.26. The first kappa shape index (κ1) is 29.8. The zero-order chi connectivity index (χ0) is 28.2. The molecule has 1 N–H and O–H groups in total. The van der Waals surface area contributed by atoms with Gasteiger partial charge < -0.3 is 10.2 Å². The monoisotopic (exact) mass is 595 g/mol. The highest BCUT2D eigenvalue weighted by atomic mass is 35.5. The lowest BCUT2D eigenvalue weighted by atomic mass is 10.1. The molecule has 0 aliphatic carbocycles. The summed E-state index contributed by atoms with van der Waals surface area (Å²) in [6.07, 6.45) is 0. The Balaban J connectivity index is 2.08. The lowest BCUT2D eigenvalue weighted by Crippen LogP contribution is -2.50. The van der Waals surface area contributed by atoms with Crippen molar-refractivity contribution in [3.8, 4) is 0 Å². The summed E-state index contributed by atoms with van der Waals surface area (Å²) >= 11 is 18.5. The van der Waals surface area contributed by atoms with E-state index < -0.39 is 34.4 Å². The molecule has 0 aliphatic rings. The number of rotatable bonds is 9. The Labute approximate surface area is 238 Å². The second-order valence-corrected chi connectivity index (χ2v) is 11.9. The maximum absolute atomic E-state index is 13.9. The van der Waals surface area contributed by atoms with Gasteiger partial charge in [-0.25, -0.2) is 8.42 Å². The number of amides is 2. The van der Waals surface area contributed by atoms with Crippen LogP contribution in [0.15, 0.2) is 65.6 Å². The minimum atomic E-state index is -4.19. The summed E-state index contributed by atoms with van der Waals surface area (Å²) in [6, 6.07) is 15.2. The van der Waals surface area contributed by atoms with Crippen LogP contribution in [0.2, 0.25) is 15.1 Å². The van der Waals surface area contributed by atoms with E-state index in [0.29, 0.717) is 26.2 Å². The van der Waals surface area contributed by atoms with Gasteiger partial charge in [-0.2, -0.15) is 0 Å². The fourth-order valence-electron chi connectivity index (χ4n) is 3.84. The lowest BCUT2D eigenvalue weighted by molar-refractivity contribution is -0.139. The summed E-state index contributed by atoms with van der Waals surface area (Å²) in [7, 11) is -2.72. The summed E-state index contributed by atoms with van der Waals surface area (Å²) in [5, 5.41) is 3.53. The van der Waals surface area contributed by atoms with Crippen molar-refractivity contribution in [1.82, 2.24) is 10.2 Å². The van der Waals surface area contributed by atoms with Crippen LogP contribution in [0.4, 0.5) is 5.69 Å². The fourth-order valence-corrected chi connectivity index (χ4v) is 5.81. The Morgan fingerprint density at radius 1 is 0.921 bits per heavy atom. The van der Waals surface area contributed by atoms with Crippen molar-refractivity contribution in [2.24, 2.45) is 0 Å². The second-order valence-electron chi connectivity index (χ2n) is 8.77. The Hall–Kier alpha value is -2.78. The normalized spacial score (nSPS) is 12.1. The van der Waals surface area contributed by atoms with Crippen LogP contribution in [0.1, 0.15) is 23.6 Å². The summed E-state index contributed by atoms with van der Waals surface area (Å²) in [5.74, 6) is -1.01. The van der Waals surface area contributed by atoms with Crippen LogP contribution in [-0.4, -0.2) is 44.8 Å². The number of sulfonamides is 1. The Bertz CT molecular complexity index is 1450. The van der Waals surface area contributed by atoms with Crippen molar-refractivity contribution >= 4 is 62.3 Å². The zero-order valence-electron chi connectivity index (χ0n) is 21.3. The second kappa shape index (κ2) is 12.4. The van der Waals surface area contributed by atoms with E-state index in [4.69, 9.17) is 34.8 Å². The van der Waals surface area contributed by atoms with Gasteiger partial charge in [0.25, 0.3) is 10.0 Å². The van der Waals surface area contributed by atoms with Gasteiger partial charge in [0, 0.05) is 18.6 Å². The number of carbonyl (C=O) groups is 2. The van der Waals surface area contributed by atoms with Crippen LogP contribution in [0.3, 0.4) is 0 Å². The molecule has 3 rings (SSSR count). The van der Waals surface area contributed by atoms with Crippen molar-refractivity contribution in [3.05, 3.63) is 92.4 Å². The highest BCUT2D eigenvalue weighted by Gasteiger charge is 2.33. The predicted molar refractivity (Wildman–Crippen MR) is 152 cm³/mol. The molecule has 0 bridgehead atoms. The maximum Gasteiger partial charge on any atom is 0.264 e. The molecule has 2 amide bonds. The Morgan fingerprint density at radius 2 is 1.58 bits per heavy atom. The molecule has 0 saturated heterocycles. The van der Waals surface area contributed by atoms with Crippen molar-refractivity contribution < 1.29 is 18.0 Å². The Morgan fingerprint density at radius 3 is 2.18 bits per heavy atom. The molecule has 38 heavy (non-hydrogen) atoms. The van der Waals surface area contributed by atoms with Crippen LogP contribution >= 0.6 is 34.8 Å². The number of hydrogen-bond donors (Lipinski definition) is 1. The summed E-state index contributed by atoms with van der Waals surface area (Å²) in [6.45, 7) is 4.52. The summed E-state index contributed by atoms with van der Waals surface area (Å²) < 4.78 is 28.8. The largest absolute Gasteiger partial charge is 0.357 e. The lowest BCUT2D eigenvalue weighted by Gasteiger charge is -2.32. The van der Waals surface area contributed by atoms with Crippen molar-refractivity contribution in [2.75, 3.05) is 17.9 Å². The first-order valence-corrected chi connectivity index (χ1v) is 14.2. The van der Waals surface area contributed by atoms with E-state index in [9.17, 15) is 18.0 Å². The number of halogens is 3. The molecule has 0 fully saturated rings. The van der Waals surface area contributed by atoms with E-state index in [0.717, 1.165) is 9.87 Å². The highest BCUT2D eigenvalue weighted by molar-refractivity contribution is 7.92. The Kier molecular flexibility index (Phi) is 9.70. The average molecular weight is 597 g/mol. The van der Waals surface area contributed by atoms with Crippen molar-refractivity contribution in [1.29, 1.82) is 0 Å². The molecule has 0 aliphatic heterocycles. The maximum atomic E-state index is 13.9. The summed E-state index contributed by atoms with van der Waals surface area (Å²) in [4.78, 5) is 27.7. The van der Waals surface area contributed by atoms with Gasteiger partial charge in [0.1, 0.15) is 12.6 Å². The number of nitrogens with zero attached hydrogens (tertiary/aromatic N) is 2. The molecular weight excluding hydrogens is 569 g/mol. The van der Waals surface area contributed by atoms with Gasteiger partial charge in [0.05, 0.1) is 20.6 Å². The smallest absolute Gasteiger partial charge is 0.264 e. The van der Waals surface area contributed by atoms with Crippen LogP contribution in [0.25, 0.3) is 0 Å². The van der Waals surface area contributed by atoms with E-state index >= 15 is 0 Å². The number of benzene rings is 3. The molecule has 0 spiro atoms. The molecule has 0 unspecified atom stereocenters. The van der Waals surface area contributed by atoms with E-state index in [1.54, 1.807) is 62.4 Å². The SMILES string of the molecule is CNC(=O)[C@H](C)N(Cc1ccc(Cl)c(Cl)c1)C(=O)CN(c1cccc(Cl)c1C)S(=O)(=O)c1ccc(C)cc1. The van der Waals surface area contributed by atoms with Gasteiger partial charge in [-0.1, -0.05) is 64.6 Å². The molecule has 3 aromatic carbocycles. The van der Waals surface area contributed by atoms with E-state index in [1.165, 1.54) is 24.1 Å². The number of anilines is 1. The third-order valence-corrected chi connectivity index (χ3v) is 9.07. The highest BCUT2D eigenvalue weighted by Crippen LogP contribution is 2.31. The molecule has 0 heterocycles. The first-order chi connectivity index (χ1) is 17.9. The van der Waals surface area contributed by atoms with E-state index in [1.807, 2.05) is 6.92 Å². The molecule has 1 atom stereocenters. The standard InChI is InChI=1S/C27H28Cl3N3O4S/c1-17-8-11-21(12-9-17)38(36,37)33(25-7-5-6-22(28)18(25)2)16-26(34)32(19(3)27(35)31-4)15-20-10-13-23(29)24(30)14-20/h5-14,19H,15-16H2,1-4H3,(H,31,35)/t19-/m0/s1. The van der Waals surface area contributed by atoms with Gasteiger partial charge >= 0.3 is 0 Å². The fraction of sp³-hybridized carbons (Fsp3) is 0.259. The van der Waals surface area contributed by atoms with Crippen molar-refractivity contribution in [2.45, 2.75) is 38.3 Å². The third-order valence-electron chi connectivity index (χ3n) is 6.15. The minimum absolute atomic E-state index is 0.00272. The number of likely N-dealkylation sites (N-methyl/N-ethyl adjacent to an activating group) is 1. The minimum Gasteiger partial charge on any atom is -0.357 e. The number of aryl methyl sites for hydroxylation is 1. The predicted octanol–water partition coefficient (Wildman–Crippen LogP) is 5.62. The molecule has 3 aromatic rings. The van der Waals surface area contributed by atoms with E-state index in [2.05, 4.69) is 5.32 Å². The van der Waals surface area contributed by atoms with Crippen LogP contribution in [0, 0.1) is 13.8 Å². The molecule has 0 aromatic heterocycles. The molecule has 7 nitrogen and oxygen atoms in total. The number of hydrogen-bond acceptors (Lipinski definition) is 4. The zero-order valence-corrected chi connectivity index (χ0v) is 24.4. The van der Waals surface area contributed by atoms with Gasteiger partial charge in [0.2, 0.25) is 11.8 Å². The van der Waals surface area contributed by atoms with Crippen molar-refractivity contribution in [3.63, 3.8) is 0 Å². The molecule has 11 heteroatoms. The van der Waals surface area contributed by atoms with Gasteiger partial charge in [0.15, 0.2) is 0 Å². The number of nitrogens with one attached hydrogen (secondary N) is 1.